The maximum atomic E-state index is 11.9. The van der Waals surface area contributed by atoms with Gasteiger partial charge in [-0.25, -0.2) is 13.1 Å². The molecule has 0 saturated carbocycles. The lowest BCUT2D eigenvalue weighted by molar-refractivity contribution is 0.180. The Labute approximate surface area is 101 Å². The first-order chi connectivity index (χ1) is 7.99. The van der Waals surface area contributed by atoms with Crippen molar-refractivity contribution in [3.8, 4) is 6.07 Å². The minimum atomic E-state index is -3.60. The first kappa shape index (κ1) is 13.6. The fourth-order valence-electron chi connectivity index (χ4n) is 1.35. The van der Waals surface area contributed by atoms with Crippen molar-refractivity contribution in [3.63, 3.8) is 0 Å². The third-order valence-electron chi connectivity index (χ3n) is 2.05. The van der Waals surface area contributed by atoms with Gasteiger partial charge in [-0.3, -0.25) is 0 Å². The largest absolute Gasteiger partial charge is 0.383 e. The zero-order chi connectivity index (χ0) is 12.9. The highest BCUT2D eigenvalue weighted by Crippen LogP contribution is 2.11. The number of benzene rings is 1. The van der Waals surface area contributed by atoms with Gasteiger partial charge in [0.25, 0.3) is 0 Å². The van der Waals surface area contributed by atoms with Crippen molar-refractivity contribution in [2.24, 2.45) is 0 Å². The lowest BCUT2D eigenvalue weighted by Gasteiger charge is -2.13. The van der Waals surface area contributed by atoms with Gasteiger partial charge in [0, 0.05) is 13.2 Å². The number of nitrogens with one attached hydrogen (secondary N) is 1. The summed E-state index contributed by atoms with van der Waals surface area (Å²) in [7, 11) is -2.09. The van der Waals surface area contributed by atoms with Crippen LogP contribution in [0.3, 0.4) is 0 Å². The standard InChI is InChI=1S/C11H14N2O3S/c1-9(8-16-2)13-17(14,15)11-5-3-4-10(6-11)7-12/h3-6,9,13H,8H2,1-2H3/t9-/m1/s1. The molecule has 0 saturated heterocycles. The summed E-state index contributed by atoms with van der Waals surface area (Å²) in [6, 6.07) is 7.45. The molecule has 0 aliphatic heterocycles. The van der Waals surface area contributed by atoms with Crippen molar-refractivity contribution in [1.29, 1.82) is 5.26 Å². The molecular formula is C11H14N2O3S. The third kappa shape index (κ3) is 3.82. The summed E-state index contributed by atoms with van der Waals surface area (Å²) in [5, 5.41) is 8.71. The molecule has 1 aromatic carbocycles. The van der Waals surface area contributed by atoms with E-state index in [4.69, 9.17) is 10.00 Å². The number of methoxy groups -OCH3 is 1. The Morgan fingerprint density at radius 1 is 1.53 bits per heavy atom. The molecule has 0 aliphatic rings. The summed E-state index contributed by atoms with van der Waals surface area (Å²) in [5.41, 5.74) is 0.312. The second kappa shape index (κ2) is 5.77. The molecule has 0 unspecified atom stereocenters. The Morgan fingerprint density at radius 3 is 2.82 bits per heavy atom. The maximum Gasteiger partial charge on any atom is 0.240 e. The molecule has 6 heteroatoms. The molecule has 1 atom stereocenters. The lowest BCUT2D eigenvalue weighted by Crippen LogP contribution is -2.35. The summed E-state index contributed by atoms with van der Waals surface area (Å²) < 4.78 is 31.1. The molecule has 1 N–H and O–H groups in total. The number of nitrogens with zero attached hydrogens (tertiary/aromatic N) is 1. The first-order valence-electron chi connectivity index (χ1n) is 5.01. The quantitative estimate of drug-likeness (QED) is 0.845. The van der Waals surface area contributed by atoms with Crippen molar-refractivity contribution in [1.82, 2.24) is 4.72 Å². The summed E-state index contributed by atoms with van der Waals surface area (Å²) in [6.45, 7) is 1.99. The second-order valence-electron chi connectivity index (χ2n) is 3.62. The highest BCUT2D eigenvalue weighted by atomic mass is 32.2. The SMILES string of the molecule is COC[C@@H](C)NS(=O)(=O)c1cccc(C#N)c1. The molecule has 0 bridgehead atoms. The van der Waals surface area contributed by atoms with Crippen LogP contribution < -0.4 is 4.72 Å². The summed E-state index contributed by atoms with van der Waals surface area (Å²) >= 11 is 0. The Hall–Kier alpha value is -1.42. The molecule has 0 fully saturated rings. The normalized spacial score (nSPS) is 13.0. The molecule has 0 spiro atoms. The van der Waals surface area contributed by atoms with E-state index in [0.29, 0.717) is 5.56 Å². The van der Waals surface area contributed by atoms with Crippen LogP contribution in [0.4, 0.5) is 0 Å². The van der Waals surface area contributed by atoms with Crippen LogP contribution in [0, 0.1) is 11.3 Å². The van der Waals surface area contributed by atoms with Gasteiger partial charge in [0.05, 0.1) is 23.1 Å². The van der Waals surface area contributed by atoms with Crippen molar-refractivity contribution >= 4 is 10.0 Å². The summed E-state index contributed by atoms with van der Waals surface area (Å²) in [4.78, 5) is 0.0829. The average molecular weight is 254 g/mol. The minimum absolute atomic E-state index is 0.0829. The predicted octanol–water partition coefficient (Wildman–Crippen LogP) is 0.871. The summed E-state index contributed by atoms with van der Waals surface area (Å²) in [5.74, 6) is 0. The molecule has 0 amide bonds. The van der Waals surface area contributed by atoms with Crippen molar-refractivity contribution in [3.05, 3.63) is 29.8 Å². The van der Waals surface area contributed by atoms with Crippen LogP contribution in [0.15, 0.2) is 29.2 Å². The number of ether oxygens (including phenoxy) is 1. The molecule has 0 aliphatic carbocycles. The number of sulfonamides is 1. The number of nitriles is 1. The van der Waals surface area contributed by atoms with E-state index in [-0.39, 0.29) is 17.5 Å². The van der Waals surface area contributed by atoms with Crippen LogP contribution in [-0.2, 0) is 14.8 Å². The Kier molecular flexibility index (Phi) is 4.63. The van der Waals surface area contributed by atoms with Gasteiger partial charge in [0.15, 0.2) is 0 Å². The average Bonchev–Trinajstić information content (AvgIpc) is 2.28. The van der Waals surface area contributed by atoms with E-state index in [9.17, 15) is 8.42 Å². The maximum absolute atomic E-state index is 11.9. The van der Waals surface area contributed by atoms with E-state index < -0.39 is 10.0 Å². The van der Waals surface area contributed by atoms with Gasteiger partial charge in [0.1, 0.15) is 0 Å². The van der Waals surface area contributed by atoms with E-state index in [1.165, 1.54) is 25.3 Å². The van der Waals surface area contributed by atoms with Crippen LogP contribution in [0.5, 0.6) is 0 Å². The van der Waals surface area contributed by atoms with E-state index in [0.717, 1.165) is 0 Å². The first-order valence-corrected chi connectivity index (χ1v) is 6.49. The minimum Gasteiger partial charge on any atom is -0.383 e. The second-order valence-corrected chi connectivity index (χ2v) is 5.33. The molecule has 17 heavy (non-hydrogen) atoms. The van der Waals surface area contributed by atoms with E-state index in [2.05, 4.69) is 4.72 Å². The monoisotopic (exact) mass is 254 g/mol. The fraction of sp³-hybridized carbons (Fsp3) is 0.364. The molecule has 1 rings (SSSR count). The Bertz CT molecular complexity index is 520. The lowest BCUT2D eigenvalue weighted by atomic mass is 10.2. The highest BCUT2D eigenvalue weighted by molar-refractivity contribution is 7.89. The molecule has 92 valence electrons. The Balaban J connectivity index is 2.94. The zero-order valence-corrected chi connectivity index (χ0v) is 10.5. The van der Waals surface area contributed by atoms with Crippen molar-refractivity contribution in [2.75, 3.05) is 13.7 Å². The number of rotatable bonds is 5. The number of hydrogen-bond donors (Lipinski definition) is 1. The van der Waals surface area contributed by atoms with Crippen molar-refractivity contribution < 1.29 is 13.2 Å². The van der Waals surface area contributed by atoms with Crippen LogP contribution in [0.25, 0.3) is 0 Å². The highest BCUT2D eigenvalue weighted by Gasteiger charge is 2.17. The van der Waals surface area contributed by atoms with E-state index in [1.54, 1.807) is 13.0 Å². The van der Waals surface area contributed by atoms with E-state index in [1.807, 2.05) is 6.07 Å². The van der Waals surface area contributed by atoms with Gasteiger partial charge in [0.2, 0.25) is 10.0 Å². The van der Waals surface area contributed by atoms with E-state index >= 15 is 0 Å². The fourth-order valence-corrected chi connectivity index (χ4v) is 2.62. The van der Waals surface area contributed by atoms with Gasteiger partial charge in [-0.05, 0) is 25.1 Å². The Morgan fingerprint density at radius 2 is 2.24 bits per heavy atom. The summed E-state index contributed by atoms with van der Waals surface area (Å²) in [6.07, 6.45) is 0. The van der Waals surface area contributed by atoms with Crippen molar-refractivity contribution in [2.45, 2.75) is 17.9 Å². The van der Waals surface area contributed by atoms with Gasteiger partial charge in [-0.1, -0.05) is 6.07 Å². The predicted molar refractivity (Wildman–Crippen MR) is 62.8 cm³/mol. The van der Waals surface area contributed by atoms with Crippen LogP contribution in [-0.4, -0.2) is 28.2 Å². The van der Waals surface area contributed by atoms with Crippen LogP contribution >= 0.6 is 0 Å². The third-order valence-corrected chi connectivity index (χ3v) is 3.63. The molecule has 5 nitrogen and oxygen atoms in total. The topological polar surface area (TPSA) is 79.2 Å². The molecule has 1 aromatic rings. The van der Waals surface area contributed by atoms with Gasteiger partial charge in [-0.2, -0.15) is 5.26 Å². The van der Waals surface area contributed by atoms with Crippen LogP contribution in [0.2, 0.25) is 0 Å². The molecule has 0 radical (unpaired) electrons. The van der Waals surface area contributed by atoms with Gasteiger partial charge >= 0.3 is 0 Å². The molecular weight excluding hydrogens is 240 g/mol. The molecule has 0 aromatic heterocycles. The number of hydrogen-bond acceptors (Lipinski definition) is 4. The van der Waals surface area contributed by atoms with Gasteiger partial charge in [-0.15, -0.1) is 0 Å². The van der Waals surface area contributed by atoms with Crippen LogP contribution in [0.1, 0.15) is 12.5 Å². The molecule has 0 heterocycles. The smallest absolute Gasteiger partial charge is 0.240 e. The van der Waals surface area contributed by atoms with Gasteiger partial charge < -0.3 is 4.74 Å². The zero-order valence-electron chi connectivity index (χ0n) is 9.67.